The summed E-state index contributed by atoms with van der Waals surface area (Å²) in [5.74, 6) is 3.16. The Balaban J connectivity index is 1.04. The van der Waals surface area contributed by atoms with E-state index in [-0.39, 0.29) is 24.2 Å². The minimum Gasteiger partial charge on any atom is -0.485 e. The Morgan fingerprint density at radius 3 is 2.48 bits per heavy atom. The Morgan fingerprint density at radius 2 is 1.73 bits per heavy atom. The van der Waals surface area contributed by atoms with Gasteiger partial charge in [-0.25, -0.2) is 4.98 Å². The highest BCUT2D eigenvalue weighted by molar-refractivity contribution is 5.79. The summed E-state index contributed by atoms with van der Waals surface area (Å²) in [4.78, 5) is 26.7. The van der Waals surface area contributed by atoms with Gasteiger partial charge in [0.25, 0.3) is 5.78 Å². The molecule has 0 N–H and O–H groups in total. The molecule has 0 bridgehead atoms. The van der Waals surface area contributed by atoms with Gasteiger partial charge < -0.3 is 19.3 Å². The number of anilines is 1. The zero-order valence-electron chi connectivity index (χ0n) is 24.5. The highest BCUT2D eigenvalue weighted by Gasteiger charge is 2.35. The van der Waals surface area contributed by atoms with Crippen molar-refractivity contribution in [1.29, 1.82) is 0 Å². The van der Waals surface area contributed by atoms with Crippen LogP contribution in [0.5, 0.6) is 5.75 Å². The smallest absolute Gasteiger partial charge is 0.253 e. The first kappa shape index (κ1) is 27.0. The Bertz CT molecular complexity index is 1360. The number of aryl methyl sites for hydroxylation is 3. The maximum Gasteiger partial charge on any atom is 0.253 e. The van der Waals surface area contributed by atoms with E-state index >= 15 is 0 Å². The largest absolute Gasteiger partial charge is 0.485 e. The molecule has 3 fully saturated rings. The van der Waals surface area contributed by atoms with E-state index in [9.17, 15) is 4.79 Å². The van der Waals surface area contributed by atoms with Gasteiger partial charge in [-0.15, -0.1) is 5.10 Å². The minimum atomic E-state index is 0.103. The SMILES string of the molecule is Cc1nc2nc(C)c(O[C@@H]3CCN(c4ccc(C5CCC(C(=O)N6C[C@@H](C)OC[C@@H]6C)CC5)cc4)C3)c(C)n2n1. The summed E-state index contributed by atoms with van der Waals surface area (Å²) in [6.45, 7) is 13.2. The van der Waals surface area contributed by atoms with Gasteiger partial charge in [0.15, 0.2) is 5.75 Å². The van der Waals surface area contributed by atoms with Crippen LogP contribution in [-0.2, 0) is 9.53 Å². The van der Waals surface area contributed by atoms with Crippen molar-refractivity contribution in [1.82, 2.24) is 24.5 Å². The van der Waals surface area contributed by atoms with Gasteiger partial charge in [0.2, 0.25) is 5.91 Å². The third-order valence-corrected chi connectivity index (χ3v) is 9.07. The van der Waals surface area contributed by atoms with Gasteiger partial charge in [-0.1, -0.05) is 12.1 Å². The lowest BCUT2D eigenvalue weighted by atomic mass is 9.78. The minimum absolute atomic E-state index is 0.103. The van der Waals surface area contributed by atoms with Crippen LogP contribution in [0.4, 0.5) is 5.69 Å². The van der Waals surface area contributed by atoms with E-state index in [1.165, 1.54) is 11.3 Å². The average molecular weight is 547 g/mol. The van der Waals surface area contributed by atoms with Crippen LogP contribution in [0.15, 0.2) is 24.3 Å². The van der Waals surface area contributed by atoms with Crippen molar-refractivity contribution < 1.29 is 14.3 Å². The molecule has 0 spiro atoms. The summed E-state index contributed by atoms with van der Waals surface area (Å²) in [7, 11) is 0. The number of carbonyl (C=O) groups excluding carboxylic acids is 1. The fourth-order valence-electron chi connectivity index (χ4n) is 6.73. The number of amides is 1. The first-order valence-electron chi connectivity index (χ1n) is 14.9. The molecule has 4 heterocycles. The molecular formula is C31H42N6O3. The number of ether oxygens (including phenoxy) is 2. The topological polar surface area (TPSA) is 85.1 Å². The number of carbonyl (C=O) groups is 1. The van der Waals surface area contributed by atoms with Crippen molar-refractivity contribution in [3.63, 3.8) is 0 Å². The summed E-state index contributed by atoms with van der Waals surface area (Å²) in [6.07, 6.45) is 5.30. The van der Waals surface area contributed by atoms with Crippen molar-refractivity contribution in [3.05, 3.63) is 47.0 Å². The Kier molecular flexibility index (Phi) is 7.42. The molecular weight excluding hydrogens is 504 g/mol. The first-order valence-corrected chi connectivity index (χ1v) is 14.9. The van der Waals surface area contributed by atoms with Crippen molar-refractivity contribution in [3.8, 4) is 5.75 Å². The normalized spacial score (nSPS) is 27.4. The third kappa shape index (κ3) is 5.28. The molecule has 6 rings (SSSR count). The summed E-state index contributed by atoms with van der Waals surface area (Å²) in [6, 6.07) is 9.28. The van der Waals surface area contributed by atoms with E-state index in [0.717, 1.165) is 68.9 Å². The van der Waals surface area contributed by atoms with E-state index in [0.29, 0.717) is 30.0 Å². The second-order valence-corrected chi connectivity index (χ2v) is 12.1. The number of morpholine rings is 1. The molecule has 9 nitrogen and oxygen atoms in total. The van der Waals surface area contributed by atoms with Crippen LogP contribution in [0.2, 0.25) is 0 Å². The Labute approximate surface area is 236 Å². The average Bonchev–Trinajstić information content (AvgIpc) is 3.58. The van der Waals surface area contributed by atoms with Gasteiger partial charge in [-0.05, 0) is 83.9 Å². The van der Waals surface area contributed by atoms with E-state index in [2.05, 4.69) is 63.0 Å². The highest BCUT2D eigenvalue weighted by atomic mass is 16.5. The molecule has 2 aliphatic heterocycles. The molecule has 0 unspecified atom stereocenters. The second-order valence-electron chi connectivity index (χ2n) is 12.1. The predicted octanol–water partition coefficient (Wildman–Crippen LogP) is 4.62. The van der Waals surface area contributed by atoms with Crippen molar-refractivity contribution in [2.45, 2.75) is 90.9 Å². The number of fused-ring (bicyclic) bond motifs is 1. The van der Waals surface area contributed by atoms with Crippen LogP contribution in [0, 0.1) is 26.7 Å². The second kappa shape index (κ2) is 11.0. The van der Waals surface area contributed by atoms with Gasteiger partial charge >= 0.3 is 0 Å². The van der Waals surface area contributed by atoms with Crippen molar-refractivity contribution in [2.75, 3.05) is 31.1 Å². The van der Waals surface area contributed by atoms with E-state index in [1.54, 1.807) is 4.52 Å². The fraction of sp³-hybridized carbons (Fsp3) is 0.613. The molecule has 214 valence electrons. The molecule has 3 aromatic rings. The monoisotopic (exact) mass is 546 g/mol. The van der Waals surface area contributed by atoms with Crippen LogP contribution in [0.3, 0.4) is 0 Å². The van der Waals surface area contributed by atoms with Gasteiger partial charge in [0.05, 0.1) is 36.7 Å². The quantitative estimate of drug-likeness (QED) is 0.462. The van der Waals surface area contributed by atoms with Crippen molar-refractivity contribution >= 4 is 17.4 Å². The van der Waals surface area contributed by atoms with Crippen molar-refractivity contribution in [2.24, 2.45) is 5.92 Å². The van der Waals surface area contributed by atoms with E-state index < -0.39 is 0 Å². The first-order chi connectivity index (χ1) is 19.3. The zero-order valence-corrected chi connectivity index (χ0v) is 24.5. The lowest BCUT2D eigenvalue weighted by molar-refractivity contribution is -0.148. The van der Waals surface area contributed by atoms with Gasteiger partial charge in [0, 0.05) is 31.1 Å². The maximum absolute atomic E-state index is 13.2. The summed E-state index contributed by atoms with van der Waals surface area (Å²) < 4.78 is 14.0. The molecule has 2 saturated heterocycles. The number of aromatic nitrogens is 4. The van der Waals surface area contributed by atoms with Gasteiger partial charge in [0.1, 0.15) is 11.9 Å². The van der Waals surface area contributed by atoms with E-state index in [4.69, 9.17) is 9.47 Å². The number of rotatable bonds is 5. The molecule has 2 aromatic heterocycles. The standard InChI is InChI=1S/C31H42N6O3/c1-19-18-39-20(2)16-36(19)30(38)26-8-6-24(7-9-26)25-10-12-27(13-11-25)35-15-14-28(17-35)40-29-21(3)32-31-33-23(5)34-37(31)22(29)4/h10-13,19-20,24,26,28H,6-9,14-18H2,1-5H3/t19-,20+,24?,26?,28+/m0/s1. The number of hydrogen-bond acceptors (Lipinski definition) is 7. The predicted molar refractivity (Wildman–Crippen MR) is 154 cm³/mol. The number of nitrogens with zero attached hydrogens (tertiary/aromatic N) is 6. The summed E-state index contributed by atoms with van der Waals surface area (Å²) in [5, 5.41) is 4.47. The number of benzene rings is 1. The molecule has 1 saturated carbocycles. The van der Waals surface area contributed by atoms with Crippen LogP contribution >= 0.6 is 0 Å². The van der Waals surface area contributed by atoms with Gasteiger partial charge in [-0.3, -0.25) is 4.79 Å². The zero-order chi connectivity index (χ0) is 28.0. The molecule has 0 radical (unpaired) electrons. The third-order valence-electron chi connectivity index (χ3n) is 9.07. The fourth-order valence-corrected chi connectivity index (χ4v) is 6.73. The van der Waals surface area contributed by atoms with Gasteiger partial charge in [-0.2, -0.15) is 9.50 Å². The van der Waals surface area contributed by atoms with Crippen LogP contribution in [0.1, 0.15) is 74.6 Å². The van der Waals surface area contributed by atoms with E-state index in [1.807, 2.05) is 20.8 Å². The Hall–Kier alpha value is -3.20. The molecule has 3 aliphatic rings. The molecule has 9 heteroatoms. The van der Waals surface area contributed by atoms with Crippen LogP contribution < -0.4 is 9.64 Å². The lowest BCUT2D eigenvalue weighted by Crippen LogP contribution is -2.52. The maximum atomic E-state index is 13.2. The molecule has 3 atom stereocenters. The molecule has 40 heavy (non-hydrogen) atoms. The lowest BCUT2D eigenvalue weighted by Gasteiger charge is -2.40. The highest BCUT2D eigenvalue weighted by Crippen LogP contribution is 2.38. The van der Waals surface area contributed by atoms with Crippen LogP contribution in [-0.4, -0.2) is 74.9 Å². The summed E-state index contributed by atoms with van der Waals surface area (Å²) >= 11 is 0. The molecule has 1 aromatic carbocycles. The van der Waals surface area contributed by atoms with Crippen LogP contribution in [0.25, 0.3) is 5.78 Å². The summed E-state index contributed by atoms with van der Waals surface area (Å²) in [5.41, 5.74) is 4.42. The molecule has 1 amide bonds. The number of hydrogen-bond donors (Lipinski definition) is 0. The Morgan fingerprint density at radius 1 is 0.975 bits per heavy atom. The molecule has 1 aliphatic carbocycles.